The number of rotatable bonds is 10. The van der Waals surface area contributed by atoms with Crippen molar-refractivity contribution in [2.75, 3.05) is 0 Å². The van der Waals surface area contributed by atoms with Crippen LogP contribution in [0.2, 0.25) is 0 Å². The first-order valence-electron chi connectivity index (χ1n) is 34.2. The van der Waals surface area contributed by atoms with Gasteiger partial charge in [0, 0.05) is 5.41 Å². The van der Waals surface area contributed by atoms with E-state index >= 15 is 0 Å². The van der Waals surface area contributed by atoms with Crippen LogP contribution in [0.1, 0.15) is 130 Å². The van der Waals surface area contributed by atoms with Crippen LogP contribution in [0.4, 0.5) is 0 Å². The molecule has 0 aliphatic carbocycles. The molecule has 0 atom stereocenters. The lowest BCUT2D eigenvalue weighted by molar-refractivity contribution is 0.590. The van der Waals surface area contributed by atoms with Crippen molar-refractivity contribution < 1.29 is 0 Å². The smallest absolute Gasteiger partial charge is 0.0146 e. The molecule has 14 rings (SSSR count). The molecule has 14 aromatic rings. The molecule has 0 saturated carbocycles. The molecule has 95 heavy (non-hydrogen) atoms. The number of hydrogen-bond donors (Lipinski definition) is 0. The molecule has 0 fully saturated rings. The third kappa shape index (κ3) is 11.9. The first-order valence-corrected chi connectivity index (χ1v) is 34.2. The monoisotopic (exact) mass is 1230 g/mol. The van der Waals surface area contributed by atoms with Gasteiger partial charge in [0.25, 0.3) is 0 Å². The van der Waals surface area contributed by atoms with Crippen molar-refractivity contribution >= 4 is 43.1 Å². The number of benzene rings is 14. The van der Waals surface area contributed by atoms with E-state index in [9.17, 15) is 0 Å². The van der Waals surface area contributed by atoms with Gasteiger partial charge in [0.2, 0.25) is 0 Å². The first-order chi connectivity index (χ1) is 45.4. The molecule has 0 heterocycles. The highest BCUT2D eigenvalue weighted by Crippen LogP contribution is 2.49. The lowest BCUT2D eigenvalue weighted by atomic mass is 9.77. The molecule has 0 N–H and O–H groups in total. The largest absolute Gasteiger partial charge is 0.0616 e. The Morgan fingerprint density at radius 2 is 0.305 bits per heavy atom. The summed E-state index contributed by atoms with van der Waals surface area (Å²) < 4.78 is 0. The topological polar surface area (TPSA) is 0 Å². The van der Waals surface area contributed by atoms with Gasteiger partial charge in [-0.2, -0.15) is 0 Å². The highest BCUT2D eigenvalue weighted by Gasteiger charge is 2.27. The van der Waals surface area contributed by atoms with Crippen LogP contribution in [0.15, 0.2) is 279 Å². The standard InChI is InChI=1S/C95H88/c1-91(2,3)73-43-31-61(32-44-73)67-55-68(62-33-45-74(46-34-62)92(4,5)6)58-71(57-67)89-83-27-19-15-23-79(83)87(80-24-16-20-28-84(80)89)65-39-51-77(52-40-65)95(13,14)78-53-41-66(42-54-78)88-81-25-17-21-29-85(81)90(86-30-22-18-26-82(86)88)72-59-69(63-35-47-75(48-36-63)93(7,8)9)56-70(60-72)64-37-49-76(50-38-64)94(10,11)12/h15-60H,1-14H3. The zero-order valence-corrected chi connectivity index (χ0v) is 58.1. The van der Waals surface area contributed by atoms with E-state index in [1.165, 1.54) is 165 Å². The van der Waals surface area contributed by atoms with Crippen LogP contribution >= 0.6 is 0 Å². The van der Waals surface area contributed by atoms with Crippen LogP contribution in [0.5, 0.6) is 0 Å². The third-order valence-electron chi connectivity index (χ3n) is 20.4. The quantitative estimate of drug-likeness (QED) is 0.120. The van der Waals surface area contributed by atoms with E-state index in [1.54, 1.807) is 0 Å². The molecule has 0 amide bonds. The van der Waals surface area contributed by atoms with Gasteiger partial charge < -0.3 is 0 Å². The first kappa shape index (κ1) is 62.6. The predicted octanol–water partition coefficient (Wildman–Crippen LogP) is 27.2. The molecule has 468 valence electrons. The molecule has 0 radical (unpaired) electrons. The minimum Gasteiger partial charge on any atom is -0.0616 e. The minimum atomic E-state index is -0.287. The SMILES string of the molecule is CC(C)(C)c1ccc(-c2cc(-c3ccc(C(C)(C)C)cc3)cc(-c3c4ccccc4c(-c4ccc(C(C)(C)c5ccc(-c6c7ccccc7c(-c7cc(-c8ccc(C(C)(C)C)cc8)cc(-c8ccc(C(C)(C)C)cc8)c7)c7ccccc67)cc5)cc4)c4ccccc34)c2)cc1. The molecule has 14 aromatic carbocycles. The van der Waals surface area contributed by atoms with Crippen LogP contribution in [0.3, 0.4) is 0 Å². The van der Waals surface area contributed by atoms with Gasteiger partial charge in [-0.05, 0) is 224 Å². The Labute approximate surface area is 565 Å². The zero-order valence-electron chi connectivity index (χ0n) is 58.1. The van der Waals surface area contributed by atoms with Crippen LogP contribution in [-0.4, -0.2) is 0 Å². The highest BCUT2D eigenvalue weighted by atomic mass is 14.3. The second kappa shape index (κ2) is 23.8. The summed E-state index contributed by atoms with van der Waals surface area (Å²) in [6, 6.07) is 107. The van der Waals surface area contributed by atoms with E-state index < -0.39 is 0 Å². The van der Waals surface area contributed by atoms with Gasteiger partial charge in [0.15, 0.2) is 0 Å². The van der Waals surface area contributed by atoms with Gasteiger partial charge in [0.1, 0.15) is 0 Å². The summed E-state index contributed by atoms with van der Waals surface area (Å²) in [7, 11) is 0. The fourth-order valence-electron chi connectivity index (χ4n) is 14.6. The molecule has 0 heteroatoms. The number of fused-ring (bicyclic) bond motifs is 4. The average molecular weight is 1230 g/mol. The van der Waals surface area contributed by atoms with Gasteiger partial charge >= 0.3 is 0 Å². The van der Waals surface area contributed by atoms with Crippen molar-refractivity contribution in [2.45, 2.75) is 124 Å². The van der Waals surface area contributed by atoms with Crippen LogP contribution in [0.25, 0.3) is 132 Å². The van der Waals surface area contributed by atoms with E-state index in [1.807, 2.05) is 0 Å². The Bertz CT molecular complexity index is 4600. The molecule has 0 bridgehead atoms. The van der Waals surface area contributed by atoms with Crippen LogP contribution in [0, 0.1) is 0 Å². The van der Waals surface area contributed by atoms with Crippen molar-refractivity contribution in [2.24, 2.45) is 0 Å². The summed E-state index contributed by atoms with van der Waals surface area (Å²) >= 11 is 0. The maximum atomic E-state index is 2.42. The van der Waals surface area contributed by atoms with E-state index in [2.05, 4.69) is 376 Å². The minimum absolute atomic E-state index is 0.0654. The van der Waals surface area contributed by atoms with Crippen molar-refractivity contribution in [3.05, 3.63) is 312 Å². The Hall–Kier alpha value is -9.88. The predicted molar refractivity (Wildman–Crippen MR) is 413 cm³/mol. The molecule has 0 spiro atoms. The van der Waals surface area contributed by atoms with Gasteiger partial charge in [-0.3, -0.25) is 0 Å². The molecule has 0 nitrogen and oxygen atoms in total. The molecule has 0 saturated heterocycles. The maximum absolute atomic E-state index is 2.42. The summed E-state index contributed by atoms with van der Waals surface area (Å²) in [6.07, 6.45) is 0. The molecular weight excluding hydrogens is 1140 g/mol. The molecular formula is C95H88. The second-order valence-electron chi connectivity index (χ2n) is 31.4. The summed E-state index contributed by atoms with van der Waals surface area (Å²) in [5.41, 5.74) is 27.4. The van der Waals surface area contributed by atoms with Crippen molar-refractivity contribution in [3.8, 4) is 89.0 Å². The Balaban J connectivity index is 0.830. The van der Waals surface area contributed by atoms with E-state index in [0.717, 1.165) is 0 Å². The summed E-state index contributed by atoms with van der Waals surface area (Å²) in [5.74, 6) is 0. The number of hydrogen-bond acceptors (Lipinski definition) is 0. The summed E-state index contributed by atoms with van der Waals surface area (Å²) in [5, 5.41) is 9.96. The van der Waals surface area contributed by atoms with Gasteiger partial charge in [0.05, 0.1) is 0 Å². The van der Waals surface area contributed by atoms with E-state index in [0.29, 0.717) is 0 Å². The van der Waals surface area contributed by atoms with E-state index in [4.69, 9.17) is 0 Å². The highest BCUT2D eigenvalue weighted by molar-refractivity contribution is 6.23. The Kier molecular flexibility index (Phi) is 15.7. The fraction of sp³-hybridized carbons (Fsp3) is 0.200. The molecule has 0 aliphatic rings. The summed E-state index contributed by atoms with van der Waals surface area (Å²) in [6.45, 7) is 32.2. The fourth-order valence-corrected chi connectivity index (χ4v) is 14.6. The molecule has 0 aromatic heterocycles. The normalized spacial score (nSPS) is 12.5. The average Bonchev–Trinajstić information content (AvgIpc) is 0.738. The Morgan fingerprint density at radius 1 is 0.147 bits per heavy atom. The zero-order chi connectivity index (χ0) is 66.3. The third-order valence-corrected chi connectivity index (χ3v) is 20.4. The second-order valence-corrected chi connectivity index (χ2v) is 31.4. The van der Waals surface area contributed by atoms with Crippen LogP contribution in [-0.2, 0) is 27.1 Å². The lowest BCUT2D eigenvalue weighted by Gasteiger charge is -2.27. The molecule has 0 aliphatic heterocycles. The Morgan fingerprint density at radius 3 is 0.495 bits per heavy atom. The van der Waals surface area contributed by atoms with Gasteiger partial charge in [-0.15, -0.1) is 0 Å². The van der Waals surface area contributed by atoms with Crippen molar-refractivity contribution in [1.82, 2.24) is 0 Å². The van der Waals surface area contributed by atoms with Crippen molar-refractivity contribution in [3.63, 3.8) is 0 Å². The van der Waals surface area contributed by atoms with Crippen molar-refractivity contribution in [1.29, 1.82) is 0 Å². The van der Waals surface area contributed by atoms with Gasteiger partial charge in [-0.25, -0.2) is 0 Å². The maximum Gasteiger partial charge on any atom is 0.0146 e. The lowest BCUT2D eigenvalue weighted by Crippen LogP contribution is -2.18. The van der Waals surface area contributed by atoms with Crippen LogP contribution < -0.4 is 0 Å². The molecule has 0 unspecified atom stereocenters. The summed E-state index contributed by atoms with van der Waals surface area (Å²) in [4.78, 5) is 0. The van der Waals surface area contributed by atoms with E-state index in [-0.39, 0.29) is 27.1 Å². The van der Waals surface area contributed by atoms with Gasteiger partial charge in [-0.1, -0.05) is 340 Å².